The van der Waals surface area contributed by atoms with Crippen molar-refractivity contribution < 1.29 is 0 Å². The fourth-order valence-electron chi connectivity index (χ4n) is 3.05. The Labute approximate surface area is 162 Å². The van der Waals surface area contributed by atoms with Crippen molar-refractivity contribution >= 4 is 0 Å². The third-order valence-corrected chi connectivity index (χ3v) is 4.40. The van der Waals surface area contributed by atoms with E-state index in [-0.39, 0.29) is 0 Å². The van der Waals surface area contributed by atoms with E-state index in [1.807, 2.05) is 70.5 Å². The summed E-state index contributed by atoms with van der Waals surface area (Å²) in [6.45, 7) is 1.20. The van der Waals surface area contributed by atoms with E-state index in [2.05, 4.69) is 22.3 Å². The van der Waals surface area contributed by atoms with Crippen molar-refractivity contribution in [3.63, 3.8) is 0 Å². The van der Waals surface area contributed by atoms with E-state index in [1.165, 1.54) is 0 Å². The van der Waals surface area contributed by atoms with Crippen LogP contribution in [-0.2, 0) is 13.1 Å². The molecule has 0 radical (unpaired) electrons. The zero-order chi connectivity index (χ0) is 19.3. The van der Waals surface area contributed by atoms with Crippen LogP contribution in [0.25, 0.3) is 11.1 Å². The lowest BCUT2D eigenvalue weighted by Crippen LogP contribution is -2.00. The zero-order valence-corrected chi connectivity index (χ0v) is 15.0. The number of nitriles is 2. The Balaban J connectivity index is 1.48. The van der Waals surface area contributed by atoms with Gasteiger partial charge in [-0.2, -0.15) is 20.7 Å². The van der Waals surface area contributed by atoms with E-state index in [1.54, 1.807) is 12.1 Å². The van der Waals surface area contributed by atoms with Gasteiger partial charge in [-0.05, 0) is 35.4 Å². The molecule has 0 aliphatic carbocycles. The van der Waals surface area contributed by atoms with Gasteiger partial charge >= 0.3 is 0 Å². The Morgan fingerprint density at radius 2 is 1.18 bits per heavy atom. The van der Waals surface area contributed by atoms with Crippen LogP contribution < -0.4 is 0 Å². The Morgan fingerprint density at radius 1 is 0.714 bits per heavy atom. The van der Waals surface area contributed by atoms with E-state index in [4.69, 9.17) is 10.5 Å². The minimum Gasteiger partial charge on any atom is -0.268 e. The van der Waals surface area contributed by atoms with Gasteiger partial charge in [0.05, 0.1) is 48.7 Å². The highest BCUT2D eigenvalue weighted by atomic mass is 15.3. The fraction of sp³-hybridized carbons (Fsp3) is 0.0909. The van der Waals surface area contributed by atoms with Gasteiger partial charge in [-0.1, -0.05) is 24.3 Å². The molecule has 0 amide bonds. The lowest BCUT2D eigenvalue weighted by molar-refractivity contribution is 0.686. The maximum atomic E-state index is 9.02. The van der Waals surface area contributed by atoms with Crippen LogP contribution in [0.15, 0.2) is 73.3 Å². The highest BCUT2D eigenvalue weighted by molar-refractivity contribution is 5.59. The average molecular weight is 364 g/mol. The smallest absolute Gasteiger partial charge is 0.0991 e. The molecule has 0 saturated carbocycles. The first-order valence-electron chi connectivity index (χ1n) is 8.77. The van der Waals surface area contributed by atoms with E-state index in [9.17, 15) is 0 Å². The summed E-state index contributed by atoms with van der Waals surface area (Å²) in [5.74, 6) is 0. The second-order valence-corrected chi connectivity index (χ2v) is 6.48. The van der Waals surface area contributed by atoms with Crippen molar-refractivity contribution in [2.24, 2.45) is 0 Å². The molecular weight excluding hydrogens is 348 g/mol. The number of benzene rings is 2. The first-order chi connectivity index (χ1) is 13.7. The molecule has 6 nitrogen and oxygen atoms in total. The molecule has 4 aromatic rings. The SMILES string of the molecule is N#Cc1cccc(Cn2cc(-c3cnn(Cc4cccc(C#N)c4)c3)cn2)c1. The summed E-state index contributed by atoms with van der Waals surface area (Å²) in [5, 5.41) is 26.9. The van der Waals surface area contributed by atoms with Gasteiger partial charge in [0, 0.05) is 23.5 Å². The molecule has 28 heavy (non-hydrogen) atoms. The first kappa shape index (κ1) is 17.3. The Bertz CT molecular complexity index is 1110. The molecule has 4 rings (SSSR count). The van der Waals surface area contributed by atoms with Crippen LogP contribution in [0.5, 0.6) is 0 Å². The van der Waals surface area contributed by atoms with Gasteiger partial charge in [0.15, 0.2) is 0 Å². The van der Waals surface area contributed by atoms with Gasteiger partial charge in [-0.25, -0.2) is 0 Å². The molecule has 0 bridgehead atoms. The number of rotatable bonds is 5. The monoisotopic (exact) mass is 364 g/mol. The lowest BCUT2D eigenvalue weighted by atomic mass is 10.1. The van der Waals surface area contributed by atoms with Crippen molar-refractivity contribution in [2.45, 2.75) is 13.1 Å². The molecule has 0 fully saturated rings. The van der Waals surface area contributed by atoms with Gasteiger partial charge in [-0.15, -0.1) is 0 Å². The Kier molecular flexibility index (Phi) is 4.69. The third kappa shape index (κ3) is 3.82. The third-order valence-electron chi connectivity index (χ3n) is 4.40. The predicted octanol–water partition coefficient (Wildman–Crippen LogP) is 3.59. The van der Waals surface area contributed by atoms with Crippen molar-refractivity contribution in [1.29, 1.82) is 10.5 Å². The van der Waals surface area contributed by atoms with Crippen LogP contribution in [0.4, 0.5) is 0 Å². The summed E-state index contributed by atoms with van der Waals surface area (Å²) >= 11 is 0. The second-order valence-electron chi connectivity index (χ2n) is 6.48. The maximum Gasteiger partial charge on any atom is 0.0991 e. The standard InChI is InChI=1S/C22H16N6/c23-9-17-3-1-5-19(7-17)13-27-15-21(11-25-27)22-12-26-28(16-22)14-20-6-2-4-18(8-20)10-24/h1-8,11-12,15-16H,13-14H2. The van der Waals surface area contributed by atoms with Gasteiger partial charge in [0.1, 0.15) is 0 Å². The van der Waals surface area contributed by atoms with E-state index >= 15 is 0 Å². The van der Waals surface area contributed by atoms with E-state index < -0.39 is 0 Å². The summed E-state index contributed by atoms with van der Waals surface area (Å²) in [7, 11) is 0. The molecule has 0 N–H and O–H groups in total. The predicted molar refractivity (Wildman–Crippen MR) is 104 cm³/mol. The molecular formula is C22H16N6. The fourth-order valence-corrected chi connectivity index (χ4v) is 3.05. The van der Waals surface area contributed by atoms with Crippen LogP contribution in [0.3, 0.4) is 0 Å². The van der Waals surface area contributed by atoms with Crippen molar-refractivity contribution in [1.82, 2.24) is 19.6 Å². The molecule has 0 spiro atoms. The number of aromatic nitrogens is 4. The maximum absolute atomic E-state index is 9.02. The van der Waals surface area contributed by atoms with Gasteiger partial charge < -0.3 is 0 Å². The van der Waals surface area contributed by atoms with Crippen LogP contribution in [-0.4, -0.2) is 19.6 Å². The minimum atomic E-state index is 0.602. The summed E-state index contributed by atoms with van der Waals surface area (Å²) in [5.41, 5.74) is 5.31. The molecule has 134 valence electrons. The second kappa shape index (κ2) is 7.61. The molecule has 0 saturated heterocycles. The first-order valence-corrected chi connectivity index (χ1v) is 8.77. The number of hydrogen-bond acceptors (Lipinski definition) is 4. The molecule has 0 atom stereocenters. The topological polar surface area (TPSA) is 83.2 Å². The average Bonchev–Trinajstić information content (AvgIpc) is 3.38. The van der Waals surface area contributed by atoms with E-state index in [0.29, 0.717) is 24.2 Å². The molecule has 6 heteroatoms. The largest absolute Gasteiger partial charge is 0.268 e. The summed E-state index contributed by atoms with van der Waals surface area (Å²) < 4.78 is 3.69. The van der Waals surface area contributed by atoms with Crippen molar-refractivity contribution in [3.8, 4) is 23.3 Å². The van der Waals surface area contributed by atoms with Crippen LogP contribution >= 0.6 is 0 Å². The summed E-state index contributed by atoms with van der Waals surface area (Å²) in [4.78, 5) is 0. The normalized spacial score (nSPS) is 10.4. The number of hydrogen-bond donors (Lipinski definition) is 0. The van der Waals surface area contributed by atoms with Crippen LogP contribution in [0.2, 0.25) is 0 Å². The lowest BCUT2D eigenvalue weighted by Gasteiger charge is -2.02. The van der Waals surface area contributed by atoms with Gasteiger partial charge in [-0.3, -0.25) is 9.36 Å². The zero-order valence-electron chi connectivity index (χ0n) is 15.0. The van der Waals surface area contributed by atoms with Crippen molar-refractivity contribution in [2.75, 3.05) is 0 Å². The molecule has 2 heterocycles. The van der Waals surface area contributed by atoms with Gasteiger partial charge in [0.2, 0.25) is 0 Å². The summed E-state index contributed by atoms with van der Waals surface area (Å²) in [6.07, 6.45) is 7.56. The Morgan fingerprint density at radius 3 is 1.61 bits per heavy atom. The highest BCUT2D eigenvalue weighted by Crippen LogP contribution is 2.19. The quantitative estimate of drug-likeness (QED) is 0.542. The minimum absolute atomic E-state index is 0.602. The number of nitrogens with zero attached hydrogens (tertiary/aromatic N) is 6. The highest BCUT2D eigenvalue weighted by Gasteiger charge is 2.07. The molecule has 0 aliphatic rings. The molecule has 0 unspecified atom stereocenters. The molecule has 2 aromatic carbocycles. The molecule has 2 aromatic heterocycles. The summed E-state index contributed by atoms with van der Waals surface area (Å²) in [6, 6.07) is 19.4. The molecule has 0 aliphatic heterocycles. The van der Waals surface area contributed by atoms with Crippen molar-refractivity contribution in [3.05, 3.63) is 95.6 Å². The van der Waals surface area contributed by atoms with Crippen LogP contribution in [0.1, 0.15) is 22.3 Å². The Hall–Kier alpha value is -4.16. The van der Waals surface area contributed by atoms with E-state index in [0.717, 1.165) is 22.3 Å². The van der Waals surface area contributed by atoms with Crippen LogP contribution in [0, 0.1) is 22.7 Å². The van der Waals surface area contributed by atoms with Gasteiger partial charge in [0.25, 0.3) is 0 Å².